The van der Waals surface area contributed by atoms with E-state index in [0.29, 0.717) is 42.8 Å². The van der Waals surface area contributed by atoms with Gasteiger partial charge in [-0.1, -0.05) is 15.9 Å². The largest absolute Gasteiger partial charge is 0.497 e. The lowest BCUT2D eigenvalue weighted by molar-refractivity contribution is 0.0649. The molecule has 3 aromatic rings. The smallest absolute Gasteiger partial charge is 0.257 e. The van der Waals surface area contributed by atoms with E-state index < -0.39 is 0 Å². The van der Waals surface area contributed by atoms with E-state index in [2.05, 4.69) is 21.0 Å². The molecule has 0 aliphatic carbocycles. The van der Waals surface area contributed by atoms with Crippen LogP contribution in [-0.2, 0) is 0 Å². The second-order valence-electron chi connectivity index (χ2n) is 8.09. The van der Waals surface area contributed by atoms with E-state index in [0.717, 1.165) is 21.6 Å². The molecule has 1 saturated heterocycles. The highest BCUT2D eigenvalue weighted by Gasteiger charge is 2.31. The predicted molar refractivity (Wildman–Crippen MR) is 127 cm³/mol. The molecule has 1 aromatic heterocycles. The van der Waals surface area contributed by atoms with Crippen LogP contribution in [0.1, 0.15) is 44.9 Å². The van der Waals surface area contributed by atoms with Gasteiger partial charge in [0.1, 0.15) is 5.75 Å². The number of benzene rings is 2. The molecule has 6 nitrogen and oxygen atoms in total. The second-order valence-corrected chi connectivity index (χ2v) is 9.01. The summed E-state index contributed by atoms with van der Waals surface area (Å²) in [5.74, 6) is 0.783. The summed E-state index contributed by atoms with van der Waals surface area (Å²) in [7, 11) is 1.61. The van der Waals surface area contributed by atoms with E-state index in [1.807, 2.05) is 59.8 Å². The van der Waals surface area contributed by atoms with Crippen molar-refractivity contribution in [2.45, 2.75) is 26.7 Å². The van der Waals surface area contributed by atoms with Gasteiger partial charge in [-0.05, 0) is 75.2 Å². The van der Waals surface area contributed by atoms with E-state index >= 15 is 0 Å². The number of carbonyl (C=O) groups excluding carboxylic acids is 2. The average Bonchev–Trinajstić information content (AvgIpc) is 3.12. The Bertz CT molecular complexity index is 1130. The van der Waals surface area contributed by atoms with Crippen molar-refractivity contribution in [1.82, 2.24) is 14.7 Å². The standard InChI is InChI=1S/C25H26BrN3O3/c1-16-23(17(2)29(27-16)21-8-6-20(26)7-9-21)25(31)28-14-12-19(13-15-28)24(30)18-4-10-22(32-3)11-5-18/h4-11,19H,12-15H2,1-3H3. The lowest BCUT2D eigenvalue weighted by Crippen LogP contribution is -2.40. The summed E-state index contributed by atoms with van der Waals surface area (Å²) < 4.78 is 7.97. The third-order valence-corrected chi connectivity index (χ3v) is 6.63. The lowest BCUT2D eigenvalue weighted by Gasteiger charge is -2.31. The zero-order valence-corrected chi connectivity index (χ0v) is 20.1. The van der Waals surface area contributed by atoms with Gasteiger partial charge in [-0.15, -0.1) is 0 Å². The van der Waals surface area contributed by atoms with Crippen LogP contribution in [0.4, 0.5) is 0 Å². The summed E-state index contributed by atoms with van der Waals surface area (Å²) in [6.07, 6.45) is 1.32. The van der Waals surface area contributed by atoms with Gasteiger partial charge < -0.3 is 9.64 Å². The number of Topliss-reactive ketones (excluding diaryl/α,β-unsaturated/α-hetero) is 1. The zero-order chi connectivity index (χ0) is 22.8. The Morgan fingerprint density at radius 1 is 1.00 bits per heavy atom. The monoisotopic (exact) mass is 495 g/mol. The van der Waals surface area contributed by atoms with Gasteiger partial charge >= 0.3 is 0 Å². The summed E-state index contributed by atoms with van der Waals surface area (Å²) in [5, 5.41) is 4.61. The van der Waals surface area contributed by atoms with Crippen LogP contribution in [0.3, 0.4) is 0 Å². The maximum atomic E-state index is 13.3. The average molecular weight is 496 g/mol. The number of amides is 1. The summed E-state index contributed by atoms with van der Waals surface area (Å²) in [6, 6.07) is 15.1. The lowest BCUT2D eigenvalue weighted by atomic mass is 9.88. The number of rotatable bonds is 5. The first-order valence-electron chi connectivity index (χ1n) is 10.7. The second kappa shape index (κ2) is 9.28. The first kappa shape index (κ1) is 22.3. The van der Waals surface area contributed by atoms with Crippen molar-refractivity contribution in [2.24, 2.45) is 5.92 Å². The highest BCUT2D eigenvalue weighted by atomic mass is 79.9. The molecule has 1 aliphatic heterocycles. The maximum absolute atomic E-state index is 13.3. The van der Waals surface area contributed by atoms with Crippen LogP contribution >= 0.6 is 15.9 Å². The SMILES string of the molecule is COc1ccc(C(=O)C2CCN(C(=O)c3c(C)nn(-c4ccc(Br)cc4)c3C)CC2)cc1. The van der Waals surface area contributed by atoms with Gasteiger partial charge in [-0.2, -0.15) is 5.10 Å². The van der Waals surface area contributed by atoms with Gasteiger partial charge in [-0.25, -0.2) is 4.68 Å². The Hall–Kier alpha value is -2.93. The quantitative estimate of drug-likeness (QED) is 0.467. The van der Waals surface area contributed by atoms with E-state index in [9.17, 15) is 9.59 Å². The van der Waals surface area contributed by atoms with Gasteiger partial charge in [0.05, 0.1) is 29.7 Å². The fourth-order valence-electron chi connectivity index (χ4n) is 4.28. The Balaban J connectivity index is 1.45. The molecule has 2 aromatic carbocycles. The number of hydrogen-bond donors (Lipinski definition) is 0. The van der Waals surface area contributed by atoms with Crippen molar-refractivity contribution in [3.05, 3.63) is 75.5 Å². The van der Waals surface area contributed by atoms with Gasteiger partial charge in [0.2, 0.25) is 0 Å². The first-order chi connectivity index (χ1) is 15.4. The highest BCUT2D eigenvalue weighted by Crippen LogP contribution is 2.26. The number of ether oxygens (including phenoxy) is 1. The van der Waals surface area contributed by atoms with E-state index in [-0.39, 0.29) is 17.6 Å². The number of hydrogen-bond acceptors (Lipinski definition) is 4. The van der Waals surface area contributed by atoms with Crippen molar-refractivity contribution in [1.29, 1.82) is 0 Å². The van der Waals surface area contributed by atoms with Crippen LogP contribution in [-0.4, -0.2) is 46.6 Å². The van der Waals surface area contributed by atoms with Gasteiger partial charge in [0.25, 0.3) is 5.91 Å². The zero-order valence-electron chi connectivity index (χ0n) is 18.5. The number of carbonyl (C=O) groups is 2. The Labute approximate surface area is 196 Å². The fourth-order valence-corrected chi connectivity index (χ4v) is 4.54. The number of ketones is 1. The molecule has 0 N–H and O–H groups in total. The van der Waals surface area contributed by atoms with Gasteiger partial charge in [0, 0.05) is 29.0 Å². The van der Waals surface area contributed by atoms with Crippen LogP contribution in [0.2, 0.25) is 0 Å². The molecule has 0 bridgehead atoms. The normalized spacial score (nSPS) is 14.4. The van der Waals surface area contributed by atoms with Gasteiger partial charge in [-0.3, -0.25) is 9.59 Å². The third kappa shape index (κ3) is 4.35. The number of halogens is 1. The topological polar surface area (TPSA) is 64.4 Å². The number of aromatic nitrogens is 2. The molecule has 0 atom stereocenters. The first-order valence-corrected chi connectivity index (χ1v) is 11.5. The van der Waals surface area contributed by atoms with Crippen molar-refractivity contribution >= 4 is 27.6 Å². The molecule has 0 unspecified atom stereocenters. The van der Waals surface area contributed by atoms with Crippen molar-refractivity contribution in [2.75, 3.05) is 20.2 Å². The fraction of sp³-hybridized carbons (Fsp3) is 0.320. The maximum Gasteiger partial charge on any atom is 0.257 e. The van der Waals surface area contributed by atoms with Crippen LogP contribution in [0.15, 0.2) is 53.0 Å². The van der Waals surface area contributed by atoms with Crippen LogP contribution in [0.25, 0.3) is 5.69 Å². The van der Waals surface area contributed by atoms with Gasteiger partial charge in [0.15, 0.2) is 5.78 Å². The molecule has 0 saturated carbocycles. The predicted octanol–water partition coefficient (Wildman–Crippen LogP) is 5.00. The van der Waals surface area contributed by atoms with Crippen LogP contribution in [0, 0.1) is 19.8 Å². The van der Waals surface area contributed by atoms with E-state index in [4.69, 9.17) is 4.74 Å². The molecule has 2 heterocycles. The number of methoxy groups -OCH3 is 1. The number of likely N-dealkylation sites (tertiary alicyclic amines) is 1. The summed E-state index contributed by atoms with van der Waals surface area (Å²) in [4.78, 5) is 28.0. The van der Waals surface area contributed by atoms with Crippen molar-refractivity contribution in [3.63, 3.8) is 0 Å². The molecule has 7 heteroatoms. The summed E-state index contributed by atoms with van der Waals surface area (Å²) in [6.45, 7) is 4.92. The molecule has 1 aliphatic rings. The molecule has 1 fully saturated rings. The third-order valence-electron chi connectivity index (χ3n) is 6.10. The summed E-state index contributed by atoms with van der Waals surface area (Å²) in [5.41, 5.74) is 3.79. The van der Waals surface area contributed by atoms with Crippen molar-refractivity contribution < 1.29 is 14.3 Å². The van der Waals surface area contributed by atoms with E-state index in [1.165, 1.54) is 0 Å². The van der Waals surface area contributed by atoms with Crippen molar-refractivity contribution in [3.8, 4) is 11.4 Å². The number of nitrogens with zero attached hydrogens (tertiary/aromatic N) is 3. The van der Waals surface area contributed by atoms with Crippen LogP contribution < -0.4 is 4.74 Å². The van der Waals surface area contributed by atoms with Crippen LogP contribution in [0.5, 0.6) is 5.75 Å². The summed E-state index contributed by atoms with van der Waals surface area (Å²) >= 11 is 3.45. The molecule has 0 spiro atoms. The minimum atomic E-state index is -0.0693. The number of aryl methyl sites for hydroxylation is 1. The minimum Gasteiger partial charge on any atom is -0.497 e. The Kier molecular flexibility index (Phi) is 6.46. The molecule has 0 radical (unpaired) electrons. The molecule has 4 rings (SSSR count). The highest BCUT2D eigenvalue weighted by molar-refractivity contribution is 9.10. The molecule has 166 valence electrons. The molecule has 32 heavy (non-hydrogen) atoms. The van der Waals surface area contributed by atoms with E-state index in [1.54, 1.807) is 19.2 Å². The Morgan fingerprint density at radius 3 is 2.22 bits per heavy atom. The molecular formula is C25H26BrN3O3. The minimum absolute atomic E-state index is 0.0151. The molecular weight excluding hydrogens is 470 g/mol. The Morgan fingerprint density at radius 2 is 1.62 bits per heavy atom. The molecule has 1 amide bonds. The number of piperidine rings is 1.